The Hall–Kier alpha value is -0.830. The molecule has 0 rings (SSSR count). The summed E-state index contributed by atoms with van der Waals surface area (Å²) in [5, 5.41) is 18.3. The second kappa shape index (κ2) is 5.91. The fourth-order valence-electron chi connectivity index (χ4n) is 1.53. The van der Waals surface area contributed by atoms with Gasteiger partial charge in [-0.15, -0.1) is 0 Å². The van der Waals surface area contributed by atoms with Crippen LogP contribution in [0.3, 0.4) is 0 Å². The van der Waals surface area contributed by atoms with Crippen LogP contribution in [0, 0.1) is 11.8 Å². The van der Waals surface area contributed by atoms with Crippen LogP contribution in [-0.4, -0.2) is 21.8 Å². The van der Waals surface area contributed by atoms with Gasteiger partial charge < -0.3 is 10.2 Å². The van der Waals surface area contributed by atoms with Crippen LogP contribution in [0.5, 0.6) is 0 Å². The first-order valence-corrected chi connectivity index (χ1v) is 5.42. The van der Waals surface area contributed by atoms with E-state index in [1.165, 1.54) is 6.92 Å². The highest BCUT2D eigenvalue weighted by Crippen LogP contribution is 2.19. The summed E-state index contributed by atoms with van der Waals surface area (Å²) in [5.74, 6) is -0.0839. The average molecular weight is 214 g/mol. The zero-order valence-corrected chi connectivity index (χ0v) is 10.0. The van der Waals surface area contributed by atoms with Gasteiger partial charge in [-0.05, 0) is 25.2 Å². The van der Waals surface area contributed by atoms with Gasteiger partial charge in [-0.25, -0.2) is 0 Å². The number of aliphatic hydroxyl groups is 1. The van der Waals surface area contributed by atoms with E-state index in [0.29, 0.717) is 11.8 Å². The highest BCUT2D eigenvalue weighted by atomic mass is 16.4. The lowest BCUT2D eigenvalue weighted by Crippen LogP contribution is -2.25. The number of carbonyl (C=O) groups is 1. The summed E-state index contributed by atoms with van der Waals surface area (Å²) in [6, 6.07) is 0. The predicted octanol–water partition coefficient (Wildman–Crippen LogP) is 2.45. The summed E-state index contributed by atoms with van der Waals surface area (Å²) in [7, 11) is 0. The van der Waals surface area contributed by atoms with Crippen LogP contribution in [0.15, 0.2) is 12.2 Å². The van der Waals surface area contributed by atoms with E-state index in [1.807, 2.05) is 6.08 Å². The highest BCUT2D eigenvalue weighted by molar-refractivity contribution is 5.68. The van der Waals surface area contributed by atoms with Crippen LogP contribution in [0.1, 0.15) is 40.5 Å². The second-order valence-corrected chi connectivity index (χ2v) is 4.60. The van der Waals surface area contributed by atoms with Crippen LogP contribution in [0.2, 0.25) is 0 Å². The molecule has 0 spiro atoms. The number of aliphatic carboxylic acids is 1. The first kappa shape index (κ1) is 14.2. The lowest BCUT2D eigenvalue weighted by atomic mass is 9.90. The first-order valence-electron chi connectivity index (χ1n) is 5.42. The van der Waals surface area contributed by atoms with E-state index in [2.05, 4.69) is 20.8 Å². The summed E-state index contributed by atoms with van der Waals surface area (Å²) in [4.78, 5) is 10.5. The molecule has 0 saturated carbocycles. The third-order valence-electron chi connectivity index (χ3n) is 2.54. The van der Waals surface area contributed by atoms with Gasteiger partial charge in [-0.3, -0.25) is 4.79 Å². The molecule has 0 aromatic carbocycles. The predicted molar refractivity (Wildman–Crippen MR) is 60.6 cm³/mol. The molecule has 0 heterocycles. The molecular formula is C12H22O3. The second-order valence-electron chi connectivity index (χ2n) is 4.60. The summed E-state index contributed by atoms with van der Waals surface area (Å²) >= 11 is 0. The van der Waals surface area contributed by atoms with Crippen LogP contribution in [-0.2, 0) is 4.79 Å². The molecule has 0 aromatic heterocycles. The van der Waals surface area contributed by atoms with Crippen molar-refractivity contribution in [2.45, 2.75) is 46.1 Å². The van der Waals surface area contributed by atoms with Gasteiger partial charge in [0.15, 0.2) is 0 Å². The normalized spacial score (nSPS) is 18.0. The Morgan fingerprint density at radius 3 is 2.33 bits per heavy atom. The van der Waals surface area contributed by atoms with Crippen molar-refractivity contribution in [1.29, 1.82) is 0 Å². The SMILES string of the molecule is CC[C@H](/C=C/[C@](C)(O)CC(=O)O)C(C)C. The molecule has 0 saturated heterocycles. The molecule has 0 unspecified atom stereocenters. The molecule has 0 fully saturated rings. The molecule has 3 nitrogen and oxygen atoms in total. The Kier molecular flexibility index (Phi) is 5.58. The zero-order chi connectivity index (χ0) is 12.1. The van der Waals surface area contributed by atoms with Gasteiger partial charge in [0.25, 0.3) is 0 Å². The summed E-state index contributed by atoms with van der Waals surface area (Å²) in [6.45, 7) is 7.83. The quantitative estimate of drug-likeness (QED) is 0.668. The standard InChI is InChI=1S/C12H22O3/c1-5-10(9(2)3)6-7-12(4,15)8-11(13)14/h6-7,9-10,15H,5,8H2,1-4H3,(H,13,14)/b7-6+/t10-,12+/m1/s1. The number of hydrogen-bond acceptors (Lipinski definition) is 2. The van der Waals surface area contributed by atoms with E-state index >= 15 is 0 Å². The van der Waals surface area contributed by atoms with Crippen LogP contribution in [0.4, 0.5) is 0 Å². The van der Waals surface area contributed by atoms with E-state index in [-0.39, 0.29) is 6.42 Å². The molecule has 0 aliphatic rings. The fraction of sp³-hybridized carbons (Fsp3) is 0.750. The highest BCUT2D eigenvalue weighted by Gasteiger charge is 2.21. The van der Waals surface area contributed by atoms with Gasteiger partial charge in [-0.1, -0.05) is 32.9 Å². The Morgan fingerprint density at radius 2 is 2.00 bits per heavy atom. The largest absolute Gasteiger partial charge is 0.481 e. The van der Waals surface area contributed by atoms with E-state index in [9.17, 15) is 9.90 Å². The minimum atomic E-state index is -1.24. The Labute approximate surface area is 91.8 Å². The zero-order valence-electron chi connectivity index (χ0n) is 10.0. The molecule has 2 N–H and O–H groups in total. The topological polar surface area (TPSA) is 57.5 Å². The van der Waals surface area contributed by atoms with Crippen LogP contribution in [0.25, 0.3) is 0 Å². The van der Waals surface area contributed by atoms with Crippen molar-refractivity contribution >= 4 is 5.97 Å². The smallest absolute Gasteiger partial charge is 0.306 e. The van der Waals surface area contributed by atoms with Crippen molar-refractivity contribution in [2.75, 3.05) is 0 Å². The molecule has 0 aromatic rings. The molecule has 0 amide bonds. The van der Waals surface area contributed by atoms with E-state index < -0.39 is 11.6 Å². The van der Waals surface area contributed by atoms with E-state index in [1.54, 1.807) is 6.08 Å². The maximum atomic E-state index is 10.5. The van der Waals surface area contributed by atoms with Crippen molar-refractivity contribution in [3.05, 3.63) is 12.2 Å². The molecule has 0 aliphatic heterocycles. The minimum absolute atomic E-state index is 0.252. The molecule has 2 atom stereocenters. The number of carboxylic acids is 1. The van der Waals surface area contributed by atoms with Crippen molar-refractivity contribution in [3.8, 4) is 0 Å². The summed E-state index contributed by atoms with van der Waals surface area (Å²) in [6.07, 6.45) is 4.28. The Bertz CT molecular complexity index is 229. The van der Waals surface area contributed by atoms with Gasteiger partial charge in [0, 0.05) is 0 Å². The maximum absolute atomic E-state index is 10.5. The Morgan fingerprint density at radius 1 is 1.47 bits per heavy atom. The summed E-state index contributed by atoms with van der Waals surface area (Å²) in [5.41, 5.74) is -1.24. The Balaban J connectivity index is 4.41. The van der Waals surface area contributed by atoms with Crippen molar-refractivity contribution in [2.24, 2.45) is 11.8 Å². The lowest BCUT2D eigenvalue weighted by molar-refractivity contribution is -0.140. The van der Waals surface area contributed by atoms with Crippen molar-refractivity contribution in [1.82, 2.24) is 0 Å². The number of rotatable bonds is 6. The van der Waals surface area contributed by atoms with Crippen LogP contribution >= 0.6 is 0 Å². The van der Waals surface area contributed by atoms with E-state index in [4.69, 9.17) is 5.11 Å². The average Bonchev–Trinajstić information content (AvgIpc) is 2.01. The van der Waals surface area contributed by atoms with Gasteiger partial charge >= 0.3 is 5.97 Å². The molecule has 88 valence electrons. The van der Waals surface area contributed by atoms with E-state index in [0.717, 1.165) is 6.42 Å². The lowest BCUT2D eigenvalue weighted by Gasteiger charge is -2.19. The first-order chi connectivity index (χ1) is 6.78. The molecule has 0 bridgehead atoms. The molecular weight excluding hydrogens is 192 g/mol. The molecule has 0 radical (unpaired) electrons. The summed E-state index contributed by atoms with van der Waals surface area (Å²) < 4.78 is 0. The molecule has 15 heavy (non-hydrogen) atoms. The van der Waals surface area contributed by atoms with Crippen molar-refractivity contribution < 1.29 is 15.0 Å². The fourth-order valence-corrected chi connectivity index (χ4v) is 1.53. The number of allylic oxidation sites excluding steroid dienone is 1. The third-order valence-corrected chi connectivity index (χ3v) is 2.54. The van der Waals surface area contributed by atoms with Crippen molar-refractivity contribution in [3.63, 3.8) is 0 Å². The number of carboxylic acid groups (broad SMARTS) is 1. The minimum Gasteiger partial charge on any atom is -0.481 e. The van der Waals surface area contributed by atoms with Gasteiger partial charge in [0.05, 0.1) is 12.0 Å². The van der Waals surface area contributed by atoms with Gasteiger partial charge in [0.1, 0.15) is 0 Å². The maximum Gasteiger partial charge on any atom is 0.306 e. The van der Waals surface area contributed by atoms with Crippen LogP contribution < -0.4 is 0 Å². The monoisotopic (exact) mass is 214 g/mol. The molecule has 0 aliphatic carbocycles. The van der Waals surface area contributed by atoms with Gasteiger partial charge in [0.2, 0.25) is 0 Å². The van der Waals surface area contributed by atoms with Gasteiger partial charge in [-0.2, -0.15) is 0 Å². The number of hydrogen-bond donors (Lipinski definition) is 2. The third kappa shape index (κ3) is 6.28. The molecule has 3 heteroatoms.